The predicted molar refractivity (Wildman–Crippen MR) is 70.1 cm³/mol. The average Bonchev–Trinajstić information content (AvgIpc) is 2.70. The highest BCUT2D eigenvalue weighted by molar-refractivity contribution is 9.11. The molecule has 2 amide bonds. The molecule has 6 heteroatoms. The van der Waals surface area contributed by atoms with Gasteiger partial charge in [0, 0.05) is 26.1 Å². The lowest BCUT2D eigenvalue weighted by Gasteiger charge is -2.29. The molecule has 1 aromatic heterocycles. The molecule has 1 N–H and O–H groups in total. The summed E-state index contributed by atoms with van der Waals surface area (Å²) in [7, 11) is 1.77. The largest absolute Gasteiger partial charge is 0.347 e. The lowest BCUT2D eigenvalue weighted by Crippen LogP contribution is -2.48. The Morgan fingerprint density at radius 3 is 2.94 bits per heavy atom. The van der Waals surface area contributed by atoms with E-state index in [-0.39, 0.29) is 17.9 Å². The van der Waals surface area contributed by atoms with Gasteiger partial charge < -0.3 is 10.2 Å². The van der Waals surface area contributed by atoms with Crippen LogP contribution < -0.4 is 5.32 Å². The molecule has 4 nitrogen and oxygen atoms in total. The van der Waals surface area contributed by atoms with Gasteiger partial charge in [0.25, 0.3) is 5.91 Å². The third kappa shape index (κ3) is 3.07. The van der Waals surface area contributed by atoms with Gasteiger partial charge >= 0.3 is 0 Å². The number of rotatable bonds is 2. The second-order valence-corrected chi connectivity index (χ2v) is 6.55. The number of nitrogens with one attached hydrogen (secondary N) is 1. The number of carbonyl (C=O) groups excluding carboxylic acids is 2. The Hall–Kier alpha value is -0.880. The maximum Gasteiger partial charge on any atom is 0.261 e. The highest BCUT2D eigenvalue weighted by Gasteiger charge is 2.24. The van der Waals surface area contributed by atoms with Crippen LogP contribution in [0.25, 0.3) is 0 Å². The first-order chi connectivity index (χ1) is 8.06. The van der Waals surface area contributed by atoms with Crippen LogP contribution >= 0.6 is 27.3 Å². The molecule has 0 aromatic carbocycles. The van der Waals surface area contributed by atoms with Gasteiger partial charge in [0.1, 0.15) is 0 Å². The molecule has 1 unspecified atom stereocenters. The van der Waals surface area contributed by atoms with Crippen molar-refractivity contribution in [1.29, 1.82) is 0 Å². The van der Waals surface area contributed by atoms with Gasteiger partial charge in [-0.25, -0.2) is 0 Å². The third-order valence-electron chi connectivity index (χ3n) is 2.76. The smallest absolute Gasteiger partial charge is 0.261 e. The summed E-state index contributed by atoms with van der Waals surface area (Å²) < 4.78 is 0.943. The lowest BCUT2D eigenvalue weighted by atomic mass is 10.1. The number of thiophene rings is 1. The standard InChI is InChI=1S/C11H13BrN2O2S/c1-14-6-7(2-5-10(14)15)13-11(16)8-3-4-9(12)17-8/h3-4,7H,2,5-6H2,1H3,(H,13,16). The van der Waals surface area contributed by atoms with Gasteiger partial charge in [-0.15, -0.1) is 11.3 Å². The van der Waals surface area contributed by atoms with Crippen LogP contribution in [0.3, 0.4) is 0 Å². The molecule has 1 saturated heterocycles. The Morgan fingerprint density at radius 1 is 1.59 bits per heavy atom. The normalized spacial score (nSPS) is 20.5. The Labute approximate surface area is 112 Å². The van der Waals surface area contributed by atoms with Gasteiger partial charge in [-0.05, 0) is 34.5 Å². The number of hydrogen-bond donors (Lipinski definition) is 1. The molecule has 17 heavy (non-hydrogen) atoms. The fourth-order valence-corrected chi connectivity index (χ4v) is 3.11. The van der Waals surface area contributed by atoms with Crippen molar-refractivity contribution in [3.05, 3.63) is 20.8 Å². The molecule has 1 aromatic rings. The van der Waals surface area contributed by atoms with E-state index in [0.29, 0.717) is 17.8 Å². The van der Waals surface area contributed by atoms with E-state index < -0.39 is 0 Å². The molecule has 1 atom stereocenters. The van der Waals surface area contributed by atoms with Gasteiger partial charge in [0.15, 0.2) is 0 Å². The first-order valence-corrected chi connectivity index (χ1v) is 6.97. The summed E-state index contributed by atoms with van der Waals surface area (Å²) in [6.45, 7) is 0.594. The van der Waals surface area contributed by atoms with Gasteiger partial charge in [0.2, 0.25) is 5.91 Å². The number of likely N-dealkylation sites (tertiary alicyclic amines) is 1. The Bertz CT molecular complexity index is 446. The molecule has 2 heterocycles. The highest BCUT2D eigenvalue weighted by atomic mass is 79.9. The molecular formula is C11H13BrN2O2S. The first-order valence-electron chi connectivity index (χ1n) is 5.36. The number of nitrogens with zero attached hydrogens (tertiary/aromatic N) is 1. The van der Waals surface area contributed by atoms with Crippen molar-refractivity contribution < 1.29 is 9.59 Å². The van der Waals surface area contributed by atoms with Gasteiger partial charge in [-0.3, -0.25) is 9.59 Å². The number of amides is 2. The topological polar surface area (TPSA) is 49.4 Å². The van der Waals surface area contributed by atoms with E-state index in [4.69, 9.17) is 0 Å². The van der Waals surface area contributed by atoms with Crippen molar-refractivity contribution in [2.24, 2.45) is 0 Å². The molecule has 2 rings (SSSR count). The van der Waals surface area contributed by atoms with E-state index in [0.717, 1.165) is 10.2 Å². The zero-order valence-electron chi connectivity index (χ0n) is 9.40. The van der Waals surface area contributed by atoms with E-state index in [2.05, 4.69) is 21.2 Å². The first kappa shape index (κ1) is 12.6. The minimum Gasteiger partial charge on any atom is -0.347 e. The number of likely N-dealkylation sites (N-methyl/N-ethyl adjacent to an activating group) is 1. The van der Waals surface area contributed by atoms with Crippen LogP contribution in [0.4, 0.5) is 0 Å². The number of carbonyl (C=O) groups is 2. The van der Waals surface area contributed by atoms with Crippen LogP contribution in [0.1, 0.15) is 22.5 Å². The van der Waals surface area contributed by atoms with Crippen molar-refractivity contribution in [3.63, 3.8) is 0 Å². The van der Waals surface area contributed by atoms with Crippen molar-refractivity contribution in [3.8, 4) is 0 Å². The molecule has 1 aliphatic rings. The van der Waals surface area contributed by atoms with Crippen LogP contribution in [-0.2, 0) is 4.79 Å². The molecule has 0 aliphatic carbocycles. The molecule has 1 aliphatic heterocycles. The fourth-order valence-electron chi connectivity index (χ4n) is 1.82. The summed E-state index contributed by atoms with van der Waals surface area (Å²) in [6, 6.07) is 3.71. The molecule has 92 valence electrons. The molecule has 1 fully saturated rings. The number of halogens is 1. The zero-order valence-corrected chi connectivity index (χ0v) is 11.8. The quantitative estimate of drug-likeness (QED) is 0.905. The van der Waals surface area contributed by atoms with E-state index in [1.54, 1.807) is 18.0 Å². The zero-order chi connectivity index (χ0) is 12.4. The van der Waals surface area contributed by atoms with E-state index in [1.807, 2.05) is 6.07 Å². The second kappa shape index (κ2) is 5.18. The summed E-state index contributed by atoms with van der Waals surface area (Å²) in [6.07, 6.45) is 1.23. The lowest BCUT2D eigenvalue weighted by molar-refractivity contribution is -0.132. The summed E-state index contributed by atoms with van der Waals surface area (Å²) in [5.74, 6) is 0.0859. The Kier molecular flexibility index (Phi) is 3.83. The summed E-state index contributed by atoms with van der Waals surface area (Å²) in [5, 5.41) is 2.96. The second-order valence-electron chi connectivity index (χ2n) is 4.09. The number of piperidine rings is 1. The predicted octanol–water partition coefficient (Wildman–Crippen LogP) is 1.86. The van der Waals surface area contributed by atoms with E-state index in [1.165, 1.54) is 11.3 Å². The SMILES string of the molecule is CN1CC(NC(=O)c2ccc(Br)s2)CCC1=O. The average molecular weight is 317 g/mol. The van der Waals surface area contributed by atoms with Crippen LogP contribution in [-0.4, -0.2) is 36.3 Å². The maximum atomic E-state index is 11.9. The highest BCUT2D eigenvalue weighted by Crippen LogP contribution is 2.22. The van der Waals surface area contributed by atoms with Gasteiger partial charge in [0.05, 0.1) is 8.66 Å². The number of hydrogen-bond acceptors (Lipinski definition) is 3. The Balaban J connectivity index is 1.93. The summed E-state index contributed by atoms with van der Waals surface area (Å²) >= 11 is 4.74. The van der Waals surface area contributed by atoms with Crippen molar-refractivity contribution in [2.75, 3.05) is 13.6 Å². The van der Waals surface area contributed by atoms with Crippen LogP contribution in [0.2, 0.25) is 0 Å². The van der Waals surface area contributed by atoms with Gasteiger partial charge in [-0.1, -0.05) is 0 Å². The fraction of sp³-hybridized carbons (Fsp3) is 0.455. The molecule has 0 spiro atoms. The Morgan fingerprint density at radius 2 is 2.35 bits per heavy atom. The van der Waals surface area contributed by atoms with Crippen LogP contribution in [0.5, 0.6) is 0 Å². The molecule has 0 saturated carbocycles. The molecule has 0 bridgehead atoms. The monoisotopic (exact) mass is 316 g/mol. The molecule has 0 radical (unpaired) electrons. The van der Waals surface area contributed by atoms with Crippen molar-refractivity contribution in [2.45, 2.75) is 18.9 Å². The van der Waals surface area contributed by atoms with E-state index in [9.17, 15) is 9.59 Å². The third-order valence-corrected chi connectivity index (χ3v) is 4.38. The minimum atomic E-state index is -0.0616. The summed E-state index contributed by atoms with van der Waals surface area (Å²) in [4.78, 5) is 25.6. The maximum absolute atomic E-state index is 11.9. The van der Waals surface area contributed by atoms with Gasteiger partial charge in [-0.2, -0.15) is 0 Å². The van der Waals surface area contributed by atoms with Crippen LogP contribution in [0, 0.1) is 0 Å². The molecular weight excluding hydrogens is 304 g/mol. The van der Waals surface area contributed by atoms with Crippen molar-refractivity contribution >= 4 is 39.1 Å². The summed E-state index contributed by atoms with van der Waals surface area (Å²) in [5.41, 5.74) is 0. The minimum absolute atomic E-state index is 0.0612. The van der Waals surface area contributed by atoms with Crippen LogP contribution in [0.15, 0.2) is 15.9 Å². The van der Waals surface area contributed by atoms with E-state index >= 15 is 0 Å². The van der Waals surface area contributed by atoms with Crippen molar-refractivity contribution in [1.82, 2.24) is 10.2 Å².